The maximum atomic E-state index is 12.6. The number of rotatable bonds is 7. The number of imidazole rings is 1. The number of benzene rings is 1. The Bertz CT molecular complexity index is 810. The number of hydrogen-bond acceptors (Lipinski definition) is 4. The molecule has 0 spiro atoms. The van der Waals surface area contributed by atoms with E-state index in [-0.39, 0.29) is 12.0 Å². The minimum absolute atomic E-state index is 0.00553. The third kappa shape index (κ3) is 4.74. The second kappa shape index (κ2) is 8.93. The summed E-state index contributed by atoms with van der Waals surface area (Å²) >= 11 is 1.50. The van der Waals surface area contributed by atoms with Crippen molar-refractivity contribution >= 4 is 23.4 Å². The first kappa shape index (κ1) is 20.0. The summed E-state index contributed by atoms with van der Waals surface area (Å²) in [4.78, 5) is 17.2. The number of aromatic nitrogens is 2. The predicted octanol–water partition coefficient (Wildman–Crippen LogP) is 4.28. The van der Waals surface area contributed by atoms with Crippen LogP contribution in [0.25, 0.3) is 0 Å². The van der Waals surface area contributed by atoms with E-state index in [1.807, 2.05) is 26.0 Å². The standard InChI is InChI=1S/C21H29N3O2S/c1-5-17-9-6-8-14(2)20(17)23-19(25)13-27-21-22-15(3)16(4)24(21)12-18-10-7-11-26-18/h6,8-9,18H,5,7,10-13H2,1-4H3,(H,23,25). The van der Waals surface area contributed by atoms with Crippen molar-refractivity contribution in [2.24, 2.45) is 0 Å². The number of anilines is 1. The number of aryl methyl sites for hydroxylation is 3. The molecule has 3 rings (SSSR count). The second-order valence-electron chi connectivity index (χ2n) is 7.11. The molecule has 2 heterocycles. The molecule has 1 amide bonds. The van der Waals surface area contributed by atoms with E-state index in [0.717, 1.165) is 60.2 Å². The number of thioether (sulfide) groups is 1. The van der Waals surface area contributed by atoms with Gasteiger partial charge in [0.25, 0.3) is 0 Å². The molecule has 0 bridgehead atoms. The van der Waals surface area contributed by atoms with Crippen molar-refractivity contribution in [1.29, 1.82) is 0 Å². The Hall–Kier alpha value is -1.79. The van der Waals surface area contributed by atoms with E-state index in [0.29, 0.717) is 5.75 Å². The number of nitrogens with one attached hydrogen (secondary N) is 1. The number of nitrogens with zero attached hydrogens (tertiary/aromatic N) is 2. The third-order valence-electron chi connectivity index (χ3n) is 5.17. The first-order valence-corrected chi connectivity index (χ1v) is 10.6. The first-order chi connectivity index (χ1) is 13.0. The topological polar surface area (TPSA) is 56.2 Å². The zero-order valence-electron chi connectivity index (χ0n) is 16.7. The van der Waals surface area contributed by atoms with Gasteiger partial charge >= 0.3 is 0 Å². The summed E-state index contributed by atoms with van der Waals surface area (Å²) in [6, 6.07) is 6.13. The number of para-hydroxylation sites is 1. The molecule has 1 N–H and O–H groups in total. The summed E-state index contributed by atoms with van der Waals surface area (Å²) in [6.45, 7) is 9.90. The SMILES string of the molecule is CCc1cccc(C)c1NC(=O)CSc1nc(C)c(C)n1CC1CCCO1. The van der Waals surface area contributed by atoms with Crippen LogP contribution in [0.5, 0.6) is 0 Å². The normalized spacial score (nSPS) is 16.7. The summed E-state index contributed by atoms with van der Waals surface area (Å²) in [7, 11) is 0. The van der Waals surface area contributed by atoms with Gasteiger partial charge in [0.05, 0.1) is 24.1 Å². The molecule has 146 valence electrons. The fourth-order valence-corrected chi connectivity index (χ4v) is 4.35. The smallest absolute Gasteiger partial charge is 0.234 e. The molecule has 1 saturated heterocycles. The van der Waals surface area contributed by atoms with Crippen LogP contribution in [-0.2, 0) is 22.5 Å². The summed E-state index contributed by atoms with van der Waals surface area (Å²) in [6.07, 6.45) is 3.37. The quantitative estimate of drug-likeness (QED) is 0.721. The minimum atomic E-state index is 0.00553. The molecule has 1 fully saturated rings. The van der Waals surface area contributed by atoms with Crippen LogP contribution < -0.4 is 5.32 Å². The largest absolute Gasteiger partial charge is 0.376 e. The number of carbonyl (C=O) groups is 1. The molecule has 1 aromatic carbocycles. The predicted molar refractivity (Wildman–Crippen MR) is 111 cm³/mol. The van der Waals surface area contributed by atoms with Gasteiger partial charge in [0.15, 0.2) is 5.16 Å². The molecule has 5 nitrogen and oxygen atoms in total. The average Bonchev–Trinajstić information content (AvgIpc) is 3.25. The highest BCUT2D eigenvalue weighted by molar-refractivity contribution is 7.99. The molecule has 27 heavy (non-hydrogen) atoms. The molecule has 6 heteroatoms. The maximum absolute atomic E-state index is 12.6. The van der Waals surface area contributed by atoms with E-state index in [9.17, 15) is 4.79 Å². The van der Waals surface area contributed by atoms with Crippen LogP contribution in [-0.4, -0.2) is 33.9 Å². The van der Waals surface area contributed by atoms with Crippen molar-refractivity contribution in [3.05, 3.63) is 40.7 Å². The third-order valence-corrected chi connectivity index (χ3v) is 6.15. The Balaban J connectivity index is 1.66. The molecule has 0 saturated carbocycles. The number of amides is 1. The van der Waals surface area contributed by atoms with Gasteiger partial charge in [-0.25, -0.2) is 4.98 Å². The lowest BCUT2D eigenvalue weighted by molar-refractivity contribution is -0.113. The van der Waals surface area contributed by atoms with E-state index in [1.54, 1.807) is 0 Å². The molecule has 1 atom stereocenters. The van der Waals surface area contributed by atoms with Crippen molar-refractivity contribution < 1.29 is 9.53 Å². The van der Waals surface area contributed by atoms with Gasteiger partial charge in [-0.05, 0) is 51.2 Å². The highest BCUT2D eigenvalue weighted by atomic mass is 32.2. The van der Waals surface area contributed by atoms with Crippen LogP contribution in [0, 0.1) is 20.8 Å². The van der Waals surface area contributed by atoms with Crippen molar-refractivity contribution in [1.82, 2.24) is 9.55 Å². The van der Waals surface area contributed by atoms with Gasteiger partial charge in [-0.3, -0.25) is 4.79 Å². The number of hydrogen-bond donors (Lipinski definition) is 1. The summed E-state index contributed by atoms with van der Waals surface area (Å²) in [5.74, 6) is 0.352. The van der Waals surface area contributed by atoms with Crippen molar-refractivity contribution in [3.8, 4) is 0 Å². The molecule has 1 aliphatic rings. The van der Waals surface area contributed by atoms with Gasteiger partial charge in [-0.2, -0.15) is 0 Å². The molecule has 1 aliphatic heterocycles. The Labute approximate surface area is 165 Å². The Morgan fingerprint density at radius 2 is 2.19 bits per heavy atom. The fourth-order valence-electron chi connectivity index (χ4n) is 3.45. The van der Waals surface area contributed by atoms with E-state index < -0.39 is 0 Å². The zero-order valence-corrected chi connectivity index (χ0v) is 17.5. The van der Waals surface area contributed by atoms with Crippen molar-refractivity contribution in [2.75, 3.05) is 17.7 Å². The highest BCUT2D eigenvalue weighted by Crippen LogP contribution is 2.25. The van der Waals surface area contributed by atoms with Crippen LogP contribution in [0.1, 0.15) is 42.3 Å². The molecule has 1 aromatic heterocycles. The van der Waals surface area contributed by atoms with Gasteiger partial charge < -0.3 is 14.6 Å². The second-order valence-corrected chi connectivity index (χ2v) is 8.05. The van der Waals surface area contributed by atoms with E-state index in [1.165, 1.54) is 17.3 Å². The van der Waals surface area contributed by atoms with E-state index in [2.05, 4.69) is 34.8 Å². The number of ether oxygens (including phenoxy) is 1. The molecule has 1 unspecified atom stereocenters. The lowest BCUT2D eigenvalue weighted by atomic mass is 10.1. The lowest BCUT2D eigenvalue weighted by Gasteiger charge is -2.15. The van der Waals surface area contributed by atoms with Gasteiger partial charge in [0.2, 0.25) is 5.91 Å². The summed E-state index contributed by atoms with van der Waals surface area (Å²) < 4.78 is 7.99. The van der Waals surface area contributed by atoms with Crippen molar-refractivity contribution in [2.45, 2.75) is 64.8 Å². The van der Waals surface area contributed by atoms with Gasteiger partial charge in [0.1, 0.15) is 0 Å². The monoisotopic (exact) mass is 387 g/mol. The Morgan fingerprint density at radius 1 is 1.37 bits per heavy atom. The Morgan fingerprint density at radius 3 is 2.89 bits per heavy atom. The zero-order chi connectivity index (χ0) is 19.4. The molecule has 0 radical (unpaired) electrons. The highest BCUT2D eigenvalue weighted by Gasteiger charge is 2.21. The minimum Gasteiger partial charge on any atom is -0.376 e. The van der Waals surface area contributed by atoms with Crippen LogP contribution >= 0.6 is 11.8 Å². The summed E-state index contributed by atoms with van der Waals surface area (Å²) in [5.41, 5.74) is 5.38. The molecular weight excluding hydrogens is 358 g/mol. The molecular formula is C21H29N3O2S. The first-order valence-electron chi connectivity index (χ1n) is 9.66. The van der Waals surface area contributed by atoms with Crippen LogP contribution in [0.15, 0.2) is 23.4 Å². The Kier molecular flexibility index (Phi) is 6.60. The fraction of sp³-hybridized carbons (Fsp3) is 0.524. The summed E-state index contributed by atoms with van der Waals surface area (Å²) in [5, 5.41) is 3.99. The average molecular weight is 388 g/mol. The van der Waals surface area contributed by atoms with E-state index >= 15 is 0 Å². The number of carbonyl (C=O) groups excluding carboxylic acids is 1. The maximum Gasteiger partial charge on any atom is 0.234 e. The van der Waals surface area contributed by atoms with Gasteiger partial charge in [-0.1, -0.05) is 36.9 Å². The van der Waals surface area contributed by atoms with Crippen LogP contribution in [0.2, 0.25) is 0 Å². The molecule has 0 aliphatic carbocycles. The van der Waals surface area contributed by atoms with Gasteiger partial charge in [-0.15, -0.1) is 0 Å². The van der Waals surface area contributed by atoms with E-state index in [4.69, 9.17) is 4.74 Å². The van der Waals surface area contributed by atoms with Crippen LogP contribution in [0.3, 0.4) is 0 Å². The van der Waals surface area contributed by atoms with Crippen LogP contribution in [0.4, 0.5) is 5.69 Å². The lowest BCUT2D eigenvalue weighted by Crippen LogP contribution is -2.19. The molecule has 2 aromatic rings. The van der Waals surface area contributed by atoms with Gasteiger partial charge in [0, 0.05) is 18.0 Å². The van der Waals surface area contributed by atoms with Crippen molar-refractivity contribution in [3.63, 3.8) is 0 Å².